The van der Waals surface area contributed by atoms with Crippen LogP contribution in [0.25, 0.3) is 21.9 Å². The maximum absolute atomic E-state index is 13.4. The summed E-state index contributed by atoms with van der Waals surface area (Å²) in [5.74, 6) is 0.0701. The van der Waals surface area contributed by atoms with Gasteiger partial charge in [-0.3, -0.25) is 4.79 Å². The van der Waals surface area contributed by atoms with Gasteiger partial charge in [0.1, 0.15) is 23.8 Å². The third-order valence-corrected chi connectivity index (χ3v) is 7.38. The first-order valence-corrected chi connectivity index (χ1v) is 12.2. The van der Waals surface area contributed by atoms with Crippen LogP contribution in [0.15, 0.2) is 91.1 Å². The van der Waals surface area contributed by atoms with Gasteiger partial charge in [0.05, 0.1) is 0 Å². The summed E-state index contributed by atoms with van der Waals surface area (Å²) in [7, 11) is 0. The number of nitrogens with two attached hydrogens (primary N) is 1. The van der Waals surface area contributed by atoms with E-state index in [-0.39, 0.29) is 23.9 Å². The number of aromatic nitrogens is 1. The van der Waals surface area contributed by atoms with E-state index in [0.717, 1.165) is 49.7 Å². The molecule has 0 radical (unpaired) electrons. The van der Waals surface area contributed by atoms with E-state index < -0.39 is 0 Å². The Morgan fingerprint density at radius 3 is 2.41 bits per heavy atom. The molecule has 5 aromatic rings. The van der Waals surface area contributed by atoms with E-state index in [1.54, 1.807) is 18.3 Å². The monoisotopic (exact) mass is 487 g/mol. The van der Waals surface area contributed by atoms with E-state index in [4.69, 9.17) is 10.5 Å². The molecule has 1 aromatic heterocycles. The maximum atomic E-state index is 13.4. The highest BCUT2D eigenvalue weighted by Gasteiger charge is 2.43. The number of hydrogen-bond donors (Lipinski definition) is 2. The van der Waals surface area contributed by atoms with Gasteiger partial charge >= 0.3 is 0 Å². The number of nitrogens with zero attached hydrogens (tertiary/aromatic N) is 1. The summed E-state index contributed by atoms with van der Waals surface area (Å²) in [6.07, 6.45) is 1.32. The Morgan fingerprint density at radius 1 is 0.838 bits per heavy atom. The number of carbonyl (C=O) groups is 1. The summed E-state index contributed by atoms with van der Waals surface area (Å²) < 4.78 is 19.7. The van der Waals surface area contributed by atoms with Gasteiger partial charge in [-0.15, -0.1) is 0 Å². The van der Waals surface area contributed by atoms with E-state index in [9.17, 15) is 9.18 Å². The third-order valence-electron chi connectivity index (χ3n) is 7.38. The second-order valence-corrected chi connectivity index (χ2v) is 9.48. The standard InChI is InChI=1S/C31H22FN3O2/c32-21-8-4-17(5-9-21)18-6-10-23-26(14-18)29-27-15-19(7-11-24(27)28(23)37-29)31(36)35-16-20-2-1-3-25-22(20)12-13-34-30(25)33/h1-15,28-29H,16H2,(H2,33,34)(H,35,36). The minimum absolute atomic E-state index is 0.135. The predicted molar refractivity (Wildman–Crippen MR) is 140 cm³/mol. The summed E-state index contributed by atoms with van der Waals surface area (Å²) in [5, 5.41) is 4.89. The van der Waals surface area contributed by atoms with E-state index in [0.29, 0.717) is 17.9 Å². The molecule has 0 spiro atoms. The highest BCUT2D eigenvalue weighted by molar-refractivity contribution is 5.96. The molecule has 2 atom stereocenters. The topological polar surface area (TPSA) is 77.2 Å². The Labute approximate surface area is 212 Å². The molecule has 1 amide bonds. The van der Waals surface area contributed by atoms with Crippen molar-refractivity contribution in [3.05, 3.63) is 130 Å². The van der Waals surface area contributed by atoms with Gasteiger partial charge in [0, 0.05) is 23.7 Å². The normalized spacial score (nSPS) is 17.0. The molecule has 180 valence electrons. The van der Waals surface area contributed by atoms with Gasteiger partial charge in [-0.25, -0.2) is 9.37 Å². The van der Waals surface area contributed by atoms with Crippen LogP contribution in [0.5, 0.6) is 0 Å². The summed E-state index contributed by atoms with van der Waals surface area (Å²) in [6.45, 7) is 0.378. The molecule has 2 aliphatic heterocycles. The van der Waals surface area contributed by atoms with Gasteiger partial charge in [0.25, 0.3) is 5.91 Å². The maximum Gasteiger partial charge on any atom is 0.251 e. The highest BCUT2D eigenvalue weighted by Crippen LogP contribution is 2.54. The molecule has 3 heterocycles. The van der Waals surface area contributed by atoms with Crippen LogP contribution in [0, 0.1) is 5.82 Å². The molecule has 4 aromatic carbocycles. The molecule has 2 unspecified atom stereocenters. The van der Waals surface area contributed by atoms with Crippen LogP contribution in [0.2, 0.25) is 0 Å². The Bertz CT molecular complexity index is 1710. The molecular formula is C31H22FN3O2. The van der Waals surface area contributed by atoms with Crippen molar-refractivity contribution in [2.45, 2.75) is 18.8 Å². The van der Waals surface area contributed by atoms with Crippen LogP contribution in [0.3, 0.4) is 0 Å². The van der Waals surface area contributed by atoms with Crippen molar-refractivity contribution in [1.29, 1.82) is 0 Å². The molecule has 37 heavy (non-hydrogen) atoms. The third kappa shape index (κ3) is 3.49. The Balaban J connectivity index is 1.15. The smallest absolute Gasteiger partial charge is 0.251 e. The highest BCUT2D eigenvalue weighted by atomic mass is 19.1. The van der Waals surface area contributed by atoms with Crippen LogP contribution in [-0.2, 0) is 11.3 Å². The van der Waals surface area contributed by atoms with Gasteiger partial charge < -0.3 is 15.8 Å². The number of ether oxygens (including phenoxy) is 1. The molecule has 6 heteroatoms. The van der Waals surface area contributed by atoms with Crippen molar-refractivity contribution in [2.24, 2.45) is 0 Å². The fourth-order valence-electron chi connectivity index (χ4n) is 5.54. The number of nitrogen functional groups attached to an aromatic ring is 1. The van der Waals surface area contributed by atoms with Gasteiger partial charge in [0.2, 0.25) is 0 Å². The number of anilines is 1. The zero-order valence-corrected chi connectivity index (χ0v) is 19.7. The SMILES string of the molecule is Nc1nccc2c(CNC(=O)c3ccc4c(c3)C3OC4c4ccc(-c5ccc(F)cc5)cc43)cccc12. The first kappa shape index (κ1) is 21.7. The van der Waals surface area contributed by atoms with Crippen molar-refractivity contribution in [1.82, 2.24) is 10.3 Å². The van der Waals surface area contributed by atoms with Crippen LogP contribution in [-0.4, -0.2) is 10.9 Å². The Kier molecular flexibility index (Phi) is 4.84. The zero-order chi connectivity index (χ0) is 25.1. The second kappa shape index (κ2) is 8.25. The minimum atomic E-state index is -0.256. The van der Waals surface area contributed by atoms with E-state index in [1.807, 2.05) is 42.5 Å². The average molecular weight is 488 g/mol. The lowest BCUT2D eigenvalue weighted by Crippen LogP contribution is -2.23. The quantitative estimate of drug-likeness (QED) is 0.322. The van der Waals surface area contributed by atoms with Gasteiger partial charge in [0.15, 0.2) is 0 Å². The van der Waals surface area contributed by atoms with Crippen molar-refractivity contribution in [3.63, 3.8) is 0 Å². The summed E-state index contributed by atoms with van der Waals surface area (Å²) in [6, 6.07) is 26.3. The largest absolute Gasteiger partial charge is 0.383 e. The number of carbonyl (C=O) groups excluding carboxylic acids is 1. The number of nitrogens with one attached hydrogen (secondary N) is 1. The van der Waals surface area contributed by atoms with Gasteiger partial charge in [-0.1, -0.05) is 48.5 Å². The van der Waals surface area contributed by atoms with E-state index in [2.05, 4.69) is 28.5 Å². The van der Waals surface area contributed by atoms with Crippen LogP contribution in [0.1, 0.15) is 50.4 Å². The number of halogens is 1. The number of pyridine rings is 1. The molecule has 0 aliphatic carbocycles. The Morgan fingerprint density at radius 2 is 1.57 bits per heavy atom. The minimum Gasteiger partial charge on any atom is -0.383 e. The van der Waals surface area contributed by atoms with E-state index >= 15 is 0 Å². The van der Waals surface area contributed by atoms with Gasteiger partial charge in [-0.05, 0) is 80.7 Å². The molecule has 5 nitrogen and oxygen atoms in total. The van der Waals surface area contributed by atoms with Crippen LogP contribution in [0.4, 0.5) is 10.2 Å². The molecule has 0 saturated heterocycles. The molecule has 2 bridgehead atoms. The van der Waals surface area contributed by atoms with Gasteiger partial charge in [-0.2, -0.15) is 0 Å². The summed E-state index contributed by atoms with van der Waals surface area (Å²) in [4.78, 5) is 17.3. The second-order valence-electron chi connectivity index (χ2n) is 9.48. The zero-order valence-electron chi connectivity index (χ0n) is 19.7. The number of rotatable bonds is 4. The number of hydrogen-bond acceptors (Lipinski definition) is 4. The molecule has 2 aliphatic rings. The lowest BCUT2D eigenvalue weighted by Gasteiger charge is -2.18. The number of amides is 1. The first-order valence-electron chi connectivity index (χ1n) is 12.2. The average Bonchev–Trinajstić information content (AvgIpc) is 3.49. The van der Waals surface area contributed by atoms with Crippen molar-refractivity contribution < 1.29 is 13.9 Å². The predicted octanol–water partition coefficient (Wildman–Crippen LogP) is 6.08. The van der Waals surface area contributed by atoms with E-state index in [1.165, 1.54) is 12.1 Å². The Hall–Kier alpha value is -4.55. The number of benzene rings is 4. The summed E-state index contributed by atoms with van der Waals surface area (Å²) in [5.41, 5.74) is 13.9. The molecule has 0 saturated carbocycles. The van der Waals surface area contributed by atoms with Crippen molar-refractivity contribution in [3.8, 4) is 11.1 Å². The lowest BCUT2D eigenvalue weighted by atomic mass is 9.84. The van der Waals surface area contributed by atoms with Crippen LogP contribution < -0.4 is 11.1 Å². The fourth-order valence-corrected chi connectivity index (χ4v) is 5.54. The first-order chi connectivity index (χ1) is 18.1. The lowest BCUT2D eigenvalue weighted by molar-refractivity contribution is 0.0857. The fraction of sp³-hybridized carbons (Fsp3) is 0.0968. The van der Waals surface area contributed by atoms with Crippen LogP contribution >= 0.6 is 0 Å². The molecule has 0 fully saturated rings. The molecular weight excluding hydrogens is 465 g/mol. The van der Waals surface area contributed by atoms with Crippen molar-refractivity contribution in [2.75, 3.05) is 5.73 Å². The molecule has 3 N–H and O–H groups in total. The summed E-state index contributed by atoms with van der Waals surface area (Å²) >= 11 is 0. The molecule has 7 rings (SSSR count). The number of fused-ring (bicyclic) bond motifs is 9. The van der Waals surface area contributed by atoms with Crippen molar-refractivity contribution >= 4 is 22.5 Å².